The molecule has 0 unspecified atom stereocenters. The van der Waals surface area contributed by atoms with E-state index >= 15 is 0 Å². The van der Waals surface area contributed by atoms with E-state index in [1.807, 2.05) is 36.4 Å². The van der Waals surface area contributed by atoms with E-state index in [9.17, 15) is 9.59 Å². The van der Waals surface area contributed by atoms with Crippen molar-refractivity contribution in [1.82, 2.24) is 9.80 Å². The predicted octanol–water partition coefficient (Wildman–Crippen LogP) is 2.66. The summed E-state index contributed by atoms with van der Waals surface area (Å²) in [5.74, 6) is 0.0134. The van der Waals surface area contributed by atoms with Gasteiger partial charge in [-0.3, -0.25) is 9.59 Å². The predicted molar refractivity (Wildman–Crippen MR) is 90.7 cm³/mol. The Morgan fingerprint density at radius 1 is 0.739 bits per heavy atom. The topological polar surface area (TPSA) is 40.6 Å². The highest BCUT2D eigenvalue weighted by molar-refractivity contribution is 5.97. The molecule has 2 amide bonds. The van der Waals surface area contributed by atoms with E-state index in [-0.39, 0.29) is 11.8 Å². The lowest BCUT2D eigenvalue weighted by Crippen LogP contribution is -2.21. The van der Waals surface area contributed by atoms with Crippen LogP contribution in [0.4, 0.5) is 0 Å². The number of benzene rings is 2. The van der Waals surface area contributed by atoms with Crippen LogP contribution in [0.25, 0.3) is 11.1 Å². The lowest BCUT2D eigenvalue weighted by atomic mass is 10.0. The molecule has 2 aromatic carbocycles. The van der Waals surface area contributed by atoms with Crippen LogP contribution < -0.4 is 0 Å². The van der Waals surface area contributed by atoms with Gasteiger partial charge in [0.1, 0.15) is 0 Å². The van der Waals surface area contributed by atoms with Crippen LogP contribution in [-0.2, 0) is 6.42 Å². The van der Waals surface area contributed by atoms with Crippen molar-refractivity contribution in [3.05, 3.63) is 58.7 Å². The zero-order valence-corrected chi connectivity index (χ0v) is 13.9. The molecule has 0 spiro atoms. The number of carbonyl (C=O) groups is 2. The second-order valence-corrected chi connectivity index (χ2v) is 6.32. The maximum absolute atomic E-state index is 12.1. The first kappa shape index (κ1) is 15.3. The maximum Gasteiger partial charge on any atom is 0.253 e. The third kappa shape index (κ3) is 2.61. The van der Waals surface area contributed by atoms with Crippen LogP contribution in [0, 0.1) is 0 Å². The van der Waals surface area contributed by atoms with Gasteiger partial charge in [0, 0.05) is 39.3 Å². The molecule has 0 atom stereocenters. The van der Waals surface area contributed by atoms with Crippen molar-refractivity contribution in [2.75, 3.05) is 28.2 Å². The van der Waals surface area contributed by atoms with Crippen molar-refractivity contribution in [2.24, 2.45) is 0 Å². The Balaban J connectivity index is 1.98. The molecule has 0 heterocycles. The monoisotopic (exact) mass is 308 g/mol. The summed E-state index contributed by atoms with van der Waals surface area (Å²) >= 11 is 0. The number of fused-ring (bicyclic) bond motifs is 3. The molecule has 1 aliphatic carbocycles. The minimum atomic E-state index is 0.00670. The van der Waals surface area contributed by atoms with Gasteiger partial charge in [0.05, 0.1) is 0 Å². The van der Waals surface area contributed by atoms with Crippen molar-refractivity contribution in [2.45, 2.75) is 6.42 Å². The maximum atomic E-state index is 12.1. The third-order valence-electron chi connectivity index (χ3n) is 4.19. The van der Waals surface area contributed by atoms with Crippen LogP contribution in [0.15, 0.2) is 36.4 Å². The quantitative estimate of drug-likeness (QED) is 0.730. The largest absolute Gasteiger partial charge is 0.345 e. The van der Waals surface area contributed by atoms with Crippen molar-refractivity contribution in [3.8, 4) is 11.1 Å². The molecular weight excluding hydrogens is 288 g/mol. The molecule has 0 saturated carbocycles. The standard InChI is InChI=1S/C19H20N2O2/c1-20(2)18(22)12-5-7-16-14(9-12)11-15-10-13(6-8-17(15)16)19(23)21(3)4/h5-10H,11H2,1-4H3. The molecule has 0 fully saturated rings. The second kappa shape index (κ2) is 5.54. The fraction of sp³-hybridized carbons (Fsp3) is 0.263. The fourth-order valence-corrected chi connectivity index (χ4v) is 2.99. The summed E-state index contributed by atoms with van der Waals surface area (Å²) in [6.45, 7) is 0. The summed E-state index contributed by atoms with van der Waals surface area (Å²) in [5.41, 5.74) is 5.99. The van der Waals surface area contributed by atoms with Gasteiger partial charge in [-0.1, -0.05) is 12.1 Å². The van der Waals surface area contributed by atoms with Gasteiger partial charge in [0.25, 0.3) is 11.8 Å². The van der Waals surface area contributed by atoms with E-state index in [2.05, 4.69) is 0 Å². The van der Waals surface area contributed by atoms with Crippen molar-refractivity contribution < 1.29 is 9.59 Å². The van der Waals surface area contributed by atoms with Gasteiger partial charge >= 0.3 is 0 Å². The molecule has 118 valence electrons. The molecule has 3 rings (SSSR count). The van der Waals surface area contributed by atoms with E-state index in [1.165, 1.54) is 0 Å². The highest BCUT2D eigenvalue weighted by Gasteiger charge is 2.22. The van der Waals surface area contributed by atoms with Gasteiger partial charge in [0.15, 0.2) is 0 Å². The van der Waals surface area contributed by atoms with Crippen LogP contribution in [0.3, 0.4) is 0 Å². The number of nitrogens with zero attached hydrogens (tertiary/aromatic N) is 2. The van der Waals surface area contributed by atoms with Crippen molar-refractivity contribution in [3.63, 3.8) is 0 Å². The molecule has 4 nitrogen and oxygen atoms in total. The zero-order valence-electron chi connectivity index (χ0n) is 13.9. The van der Waals surface area contributed by atoms with Crippen molar-refractivity contribution >= 4 is 11.8 Å². The average Bonchev–Trinajstić information content (AvgIpc) is 2.89. The van der Waals surface area contributed by atoms with Crippen molar-refractivity contribution in [1.29, 1.82) is 0 Å². The van der Waals surface area contributed by atoms with E-state index in [0.717, 1.165) is 28.7 Å². The molecule has 0 radical (unpaired) electrons. The number of rotatable bonds is 2. The molecule has 0 N–H and O–H groups in total. The number of hydrogen-bond donors (Lipinski definition) is 0. The Morgan fingerprint density at radius 3 is 1.48 bits per heavy atom. The van der Waals surface area contributed by atoms with Crippen LogP contribution >= 0.6 is 0 Å². The number of carbonyl (C=O) groups excluding carboxylic acids is 2. The van der Waals surface area contributed by atoms with Crippen LogP contribution in [0.2, 0.25) is 0 Å². The Hall–Kier alpha value is -2.62. The minimum Gasteiger partial charge on any atom is -0.345 e. The molecular formula is C19H20N2O2. The smallest absolute Gasteiger partial charge is 0.253 e. The number of hydrogen-bond acceptors (Lipinski definition) is 2. The summed E-state index contributed by atoms with van der Waals surface area (Å²) in [6, 6.07) is 11.7. The third-order valence-corrected chi connectivity index (χ3v) is 4.19. The first-order valence-corrected chi connectivity index (χ1v) is 7.58. The summed E-state index contributed by atoms with van der Waals surface area (Å²) in [6.07, 6.45) is 0.758. The summed E-state index contributed by atoms with van der Waals surface area (Å²) in [5, 5.41) is 0. The molecule has 2 aromatic rings. The average molecular weight is 308 g/mol. The van der Waals surface area contributed by atoms with Crippen LogP contribution in [0.5, 0.6) is 0 Å². The molecule has 0 bridgehead atoms. The lowest BCUT2D eigenvalue weighted by Gasteiger charge is -2.11. The summed E-state index contributed by atoms with van der Waals surface area (Å²) < 4.78 is 0. The van der Waals surface area contributed by atoms with Gasteiger partial charge in [-0.2, -0.15) is 0 Å². The first-order chi connectivity index (χ1) is 10.9. The van der Waals surface area contributed by atoms with E-state index in [0.29, 0.717) is 11.1 Å². The SMILES string of the molecule is CN(C)C(=O)c1ccc2c(c1)Cc1cc(C(=O)N(C)C)ccc1-2. The second-order valence-electron chi connectivity index (χ2n) is 6.32. The molecule has 1 aliphatic rings. The van der Waals surface area contributed by atoms with Gasteiger partial charge < -0.3 is 9.80 Å². The van der Waals surface area contributed by atoms with Gasteiger partial charge in [-0.25, -0.2) is 0 Å². The zero-order chi connectivity index (χ0) is 16.7. The van der Waals surface area contributed by atoms with Crippen LogP contribution in [0.1, 0.15) is 31.8 Å². The Kier molecular flexibility index (Phi) is 3.68. The summed E-state index contributed by atoms with van der Waals surface area (Å²) in [7, 11) is 7.01. The van der Waals surface area contributed by atoms with Crippen LogP contribution in [-0.4, -0.2) is 49.8 Å². The minimum absolute atomic E-state index is 0.00670. The lowest BCUT2D eigenvalue weighted by molar-refractivity contribution is 0.0820. The molecule has 0 aromatic heterocycles. The normalized spacial score (nSPS) is 11.7. The Labute approximate surface area is 136 Å². The molecule has 4 heteroatoms. The Bertz CT molecular complexity index is 740. The first-order valence-electron chi connectivity index (χ1n) is 7.58. The van der Waals surface area contributed by atoms with Gasteiger partial charge in [-0.05, 0) is 52.9 Å². The summed E-state index contributed by atoms with van der Waals surface area (Å²) in [4.78, 5) is 27.4. The van der Waals surface area contributed by atoms with Gasteiger partial charge in [-0.15, -0.1) is 0 Å². The fourth-order valence-electron chi connectivity index (χ4n) is 2.99. The highest BCUT2D eigenvalue weighted by atomic mass is 16.2. The molecule has 23 heavy (non-hydrogen) atoms. The van der Waals surface area contributed by atoms with E-state index in [4.69, 9.17) is 0 Å². The highest BCUT2D eigenvalue weighted by Crippen LogP contribution is 2.37. The van der Waals surface area contributed by atoms with E-state index < -0.39 is 0 Å². The van der Waals surface area contributed by atoms with Gasteiger partial charge in [0.2, 0.25) is 0 Å². The van der Waals surface area contributed by atoms with E-state index in [1.54, 1.807) is 38.0 Å². The molecule has 0 aliphatic heterocycles. The number of amides is 2. The Morgan fingerprint density at radius 2 is 1.13 bits per heavy atom. The molecule has 0 saturated heterocycles.